The van der Waals surface area contributed by atoms with Gasteiger partial charge in [0.2, 0.25) is 5.91 Å². The molecule has 11 heteroatoms. The maximum atomic E-state index is 13.1. The van der Waals surface area contributed by atoms with Crippen LogP contribution in [-0.2, 0) is 18.8 Å². The first-order valence-electron chi connectivity index (χ1n) is 13.3. The van der Waals surface area contributed by atoms with Gasteiger partial charge in [-0.15, -0.1) is 0 Å². The van der Waals surface area contributed by atoms with E-state index in [-0.39, 0.29) is 11.9 Å². The van der Waals surface area contributed by atoms with Gasteiger partial charge in [-0.1, -0.05) is 0 Å². The Morgan fingerprint density at radius 1 is 1.16 bits per heavy atom. The first kappa shape index (κ1) is 29.2. The lowest BCUT2D eigenvalue weighted by atomic mass is 9.81. The Hall–Kier alpha value is -2.40. The van der Waals surface area contributed by atoms with E-state index in [1.54, 1.807) is 40.1 Å². The summed E-state index contributed by atoms with van der Waals surface area (Å²) in [4.78, 5) is 35.7. The van der Waals surface area contributed by atoms with Gasteiger partial charge < -0.3 is 29.0 Å². The van der Waals surface area contributed by atoms with Crippen molar-refractivity contribution < 1.29 is 28.4 Å². The molecule has 0 bridgehead atoms. The molecule has 0 radical (unpaired) electrons. The third kappa shape index (κ3) is 7.80. The smallest absolute Gasteiger partial charge is 0.463 e. The maximum absolute atomic E-state index is 13.1. The highest BCUT2D eigenvalue weighted by Gasteiger charge is 2.52. The van der Waals surface area contributed by atoms with Gasteiger partial charge in [0, 0.05) is 30.4 Å². The van der Waals surface area contributed by atoms with E-state index in [4.69, 9.17) is 18.8 Å². The van der Waals surface area contributed by atoms with Crippen LogP contribution in [0.4, 0.5) is 4.79 Å². The van der Waals surface area contributed by atoms with Gasteiger partial charge in [-0.25, -0.2) is 14.8 Å². The van der Waals surface area contributed by atoms with Crippen molar-refractivity contribution in [3.05, 3.63) is 12.4 Å². The third-order valence-electron chi connectivity index (χ3n) is 7.10. The molecule has 0 unspecified atom stereocenters. The molecule has 2 saturated heterocycles. The second kappa shape index (κ2) is 11.6. The number of ether oxygens (including phenoxy) is 2. The van der Waals surface area contributed by atoms with E-state index in [0.29, 0.717) is 19.2 Å². The van der Waals surface area contributed by atoms with E-state index >= 15 is 0 Å². The average molecular weight is 518 g/mol. The molecule has 3 rings (SSSR count). The molecule has 37 heavy (non-hydrogen) atoms. The minimum absolute atomic E-state index is 0.0851. The zero-order valence-electron chi connectivity index (χ0n) is 23.6. The second-order valence-electron chi connectivity index (χ2n) is 11.9. The Labute approximate surface area is 221 Å². The number of rotatable bonds is 8. The SMILES string of the molecule is C[C@H](NC(=O)OC(C)(C)C)C(=O)N1CCCC[C@@H]1CCCOc1ncc(B2OC(C)(C)C(C)(C)O2)cn1. The van der Waals surface area contributed by atoms with Crippen molar-refractivity contribution in [2.75, 3.05) is 13.2 Å². The van der Waals surface area contributed by atoms with Crippen LogP contribution in [0.25, 0.3) is 0 Å². The first-order valence-corrected chi connectivity index (χ1v) is 13.3. The zero-order chi connectivity index (χ0) is 27.4. The van der Waals surface area contributed by atoms with Crippen molar-refractivity contribution in [2.24, 2.45) is 0 Å². The number of amides is 2. The fourth-order valence-corrected chi connectivity index (χ4v) is 4.37. The Morgan fingerprint density at radius 3 is 2.38 bits per heavy atom. The van der Waals surface area contributed by atoms with Crippen molar-refractivity contribution in [3.63, 3.8) is 0 Å². The maximum Gasteiger partial charge on any atom is 0.498 e. The summed E-state index contributed by atoms with van der Waals surface area (Å²) in [7, 11) is -0.513. The molecule has 2 aliphatic heterocycles. The highest BCUT2D eigenvalue weighted by Crippen LogP contribution is 2.36. The van der Waals surface area contributed by atoms with Gasteiger partial charge in [0.15, 0.2) is 0 Å². The standard InChI is InChI=1S/C26H43BN4O6/c1-18(30-23(33)35-24(2,3)4)21(32)31-14-10-9-12-20(31)13-11-15-34-22-28-16-19(17-29-22)27-36-25(5,6)26(7,8)37-27/h16-18,20H,9-15H2,1-8H3,(H,30,33)/t18-,20+/m0/s1. The molecule has 0 saturated carbocycles. The normalized spacial score (nSPS) is 21.9. The molecule has 206 valence electrons. The van der Waals surface area contributed by atoms with Crippen molar-refractivity contribution in [3.8, 4) is 6.01 Å². The molecule has 2 fully saturated rings. The number of hydrogen-bond donors (Lipinski definition) is 1. The van der Waals surface area contributed by atoms with Gasteiger partial charge >= 0.3 is 19.2 Å². The lowest BCUT2D eigenvalue weighted by Crippen LogP contribution is -2.52. The van der Waals surface area contributed by atoms with Crippen LogP contribution < -0.4 is 15.5 Å². The second-order valence-corrected chi connectivity index (χ2v) is 11.9. The number of alkyl carbamates (subject to hydrolysis) is 1. The Bertz CT molecular complexity index is 918. The van der Waals surface area contributed by atoms with E-state index in [0.717, 1.165) is 37.6 Å². The Balaban J connectivity index is 1.45. The zero-order valence-corrected chi connectivity index (χ0v) is 23.6. The number of carbonyl (C=O) groups is 2. The lowest BCUT2D eigenvalue weighted by Gasteiger charge is -2.37. The molecule has 0 aliphatic carbocycles. The molecule has 2 atom stereocenters. The molecule has 2 aliphatic rings. The number of aromatic nitrogens is 2. The van der Waals surface area contributed by atoms with Crippen LogP contribution in [0.5, 0.6) is 6.01 Å². The molecular formula is C26H43BN4O6. The number of nitrogens with zero attached hydrogens (tertiary/aromatic N) is 3. The monoisotopic (exact) mass is 518 g/mol. The summed E-state index contributed by atoms with van der Waals surface area (Å²) in [5, 5.41) is 2.66. The molecule has 1 aromatic rings. The fourth-order valence-electron chi connectivity index (χ4n) is 4.37. The summed E-state index contributed by atoms with van der Waals surface area (Å²) < 4.78 is 23.1. The van der Waals surface area contributed by atoms with E-state index in [2.05, 4.69) is 15.3 Å². The highest BCUT2D eigenvalue weighted by atomic mass is 16.7. The topological polar surface area (TPSA) is 112 Å². The highest BCUT2D eigenvalue weighted by molar-refractivity contribution is 6.61. The number of carbonyl (C=O) groups excluding carboxylic acids is 2. The van der Waals surface area contributed by atoms with Crippen molar-refractivity contribution in [1.29, 1.82) is 0 Å². The van der Waals surface area contributed by atoms with Gasteiger partial charge in [-0.3, -0.25) is 4.79 Å². The number of piperidine rings is 1. The molecule has 1 N–H and O–H groups in total. The molecule has 3 heterocycles. The predicted molar refractivity (Wildman–Crippen MR) is 141 cm³/mol. The van der Waals surface area contributed by atoms with E-state index in [1.165, 1.54) is 0 Å². The van der Waals surface area contributed by atoms with Crippen LogP contribution in [0.1, 0.15) is 87.5 Å². The minimum Gasteiger partial charge on any atom is -0.463 e. The number of nitrogens with one attached hydrogen (secondary N) is 1. The largest absolute Gasteiger partial charge is 0.498 e. The van der Waals surface area contributed by atoms with Crippen LogP contribution in [0.3, 0.4) is 0 Å². The summed E-state index contributed by atoms with van der Waals surface area (Å²) in [6.07, 6.45) is 7.29. The summed E-state index contributed by atoms with van der Waals surface area (Å²) >= 11 is 0. The van der Waals surface area contributed by atoms with E-state index < -0.39 is 36.1 Å². The van der Waals surface area contributed by atoms with Gasteiger partial charge in [-0.2, -0.15) is 0 Å². The number of likely N-dealkylation sites (tertiary alicyclic amines) is 1. The van der Waals surface area contributed by atoms with Crippen LogP contribution in [0.15, 0.2) is 12.4 Å². The molecule has 0 spiro atoms. The first-order chi connectivity index (χ1) is 17.2. The minimum atomic E-state index is -0.650. The molecular weight excluding hydrogens is 475 g/mol. The molecule has 10 nitrogen and oxygen atoms in total. The van der Waals surface area contributed by atoms with Gasteiger partial charge in [0.05, 0.1) is 17.8 Å². The Kier molecular flexibility index (Phi) is 9.11. The van der Waals surface area contributed by atoms with Gasteiger partial charge in [0.1, 0.15) is 11.6 Å². The van der Waals surface area contributed by atoms with Crippen LogP contribution in [-0.4, -0.2) is 76.0 Å². The fraction of sp³-hybridized carbons (Fsp3) is 0.769. The Morgan fingerprint density at radius 2 is 1.78 bits per heavy atom. The molecule has 1 aromatic heterocycles. The molecule has 2 amide bonds. The quantitative estimate of drug-likeness (QED) is 0.413. The van der Waals surface area contributed by atoms with Crippen molar-refractivity contribution in [2.45, 2.75) is 116 Å². The lowest BCUT2D eigenvalue weighted by molar-refractivity contribution is -0.137. The van der Waals surface area contributed by atoms with Crippen LogP contribution >= 0.6 is 0 Å². The van der Waals surface area contributed by atoms with Gasteiger partial charge in [-0.05, 0) is 87.5 Å². The summed E-state index contributed by atoms with van der Waals surface area (Å²) in [6.45, 7) is 16.2. The molecule has 0 aromatic carbocycles. The summed E-state index contributed by atoms with van der Waals surface area (Å²) in [5.74, 6) is -0.0851. The van der Waals surface area contributed by atoms with Gasteiger partial charge in [0.25, 0.3) is 0 Å². The van der Waals surface area contributed by atoms with Crippen LogP contribution in [0.2, 0.25) is 0 Å². The summed E-state index contributed by atoms with van der Waals surface area (Å²) in [5.41, 5.74) is -0.719. The van der Waals surface area contributed by atoms with Crippen molar-refractivity contribution >= 4 is 24.6 Å². The average Bonchev–Trinajstić information content (AvgIpc) is 3.02. The summed E-state index contributed by atoms with van der Waals surface area (Å²) in [6, 6.07) is -0.242. The third-order valence-corrected chi connectivity index (χ3v) is 7.10. The van der Waals surface area contributed by atoms with Crippen LogP contribution in [0, 0.1) is 0 Å². The predicted octanol–water partition coefficient (Wildman–Crippen LogP) is 3.23. The van der Waals surface area contributed by atoms with E-state index in [9.17, 15) is 9.59 Å². The number of hydrogen-bond acceptors (Lipinski definition) is 8. The van der Waals surface area contributed by atoms with E-state index in [1.807, 2.05) is 32.6 Å². The van der Waals surface area contributed by atoms with Crippen molar-refractivity contribution in [1.82, 2.24) is 20.2 Å².